The quantitative estimate of drug-likeness (QED) is 0.218. The van der Waals surface area contributed by atoms with Gasteiger partial charge < -0.3 is 26.6 Å². The lowest BCUT2D eigenvalue weighted by atomic mass is 10.1. The van der Waals surface area contributed by atoms with Gasteiger partial charge in [0, 0.05) is 17.6 Å². The molecule has 2 heterocycles. The summed E-state index contributed by atoms with van der Waals surface area (Å²) in [6.45, 7) is 1.96. The predicted octanol–water partition coefficient (Wildman–Crippen LogP) is 2.95. The van der Waals surface area contributed by atoms with E-state index in [9.17, 15) is 32.7 Å². The maximum Gasteiger partial charge on any atom is 0.490 e. The van der Waals surface area contributed by atoms with E-state index in [-0.39, 0.29) is 42.7 Å². The molecule has 0 saturated heterocycles. The molecular weight excluding hydrogens is 575 g/mol. The fourth-order valence-electron chi connectivity index (χ4n) is 3.25. The molecule has 0 aliphatic carbocycles. The van der Waals surface area contributed by atoms with E-state index >= 15 is 0 Å². The summed E-state index contributed by atoms with van der Waals surface area (Å²) < 4.78 is 33.1. The van der Waals surface area contributed by atoms with Gasteiger partial charge in [-0.2, -0.15) is 13.2 Å². The van der Waals surface area contributed by atoms with Crippen LogP contribution in [0.2, 0.25) is 5.02 Å². The number of carbonyl (C=O) groups excluding carboxylic acids is 2. The van der Waals surface area contributed by atoms with E-state index in [4.69, 9.17) is 27.2 Å². The maximum atomic E-state index is 13.0. The molecule has 0 saturated carbocycles. The van der Waals surface area contributed by atoms with Crippen molar-refractivity contribution < 1.29 is 42.6 Å². The molecule has 0 aliphatic heterocycles. The molecule has 220 valence electrons. The highest BCUT2D eigenvalue weighted by molar-refractivity contribution is 6.30. The van der Waals surface area contributed by atoms with Crippen LogP contribution in [0.1, 0.15) is 53.5 Å². The Morgan fingerprint density at radius 2 is 1.76 bits per heavy atom. The molecule has 3 rings (SSSR count). The number of nitrogens with zero attached hydrogens (tertiary/aromatic N) is 4. The van der Waals surface area contributed by atoms with Crippen molar-refractivity contribution in [1.82, 2.24) is 25.3 Å². The van der Waals surface area contributed by atoms with Crippen LogP contribution in [-0.2, 0) is 20.9 Å². The van der Waals surface area contributed by atoms with Crippen molar-refractivity contribution in [1.29, 1.82) is 0 Å². The van der Waals surface area contributed by atoms with E-state index in [1.54, 1.807) is 18.3 Å². The number of hydrogen-bond donors (Lipinski definition) is 5. The molecule has 1 aromatic carbocycles. The van der Waals surface area contributed by atoms with Crippen LogP contribution in [0.15, 0.2) is 48.8 Å². The number of carboxylic acid groups (broad SMARTS) is 2. The molecular formula is C24H25ClF3N7O6. The Morgan fingerprint density at radius 3 is 2.32 bits per heavy atom. The van der Waals surface area contributed by atoms with Gasteiger partial charge in [0.25, 0.3) is 0 Å². The number of carboxylic acids is 2. The average molecular weight is 600 g/mol. The normalized spacial score (nSPS) is 12.3. The molecule has 0 aliphatic rings. The summed E-state index contributed by atoms with van der Waals surface area (Å²) in [6, 6.07) is 8.91. The number of carbonyl (C=O) groups is 4. The first kappa shape index (κ1) is 32.5. The van der Waals surface area contributed by atoms with Gasteiger partial charge in [0.15, 0.2) is 0 Å². The molecule has 1 unspecified atom stereocenters. The standard InChI is InChI=1S/C22H24ClN7O4.C2HF3O2/c1-13(14-4-6-15(23)7-5-14)27-21(32)18(8-9-19(24)31)30-12-16(28-29-30)11-26-20-17(22(33)34)3-2-10-25-20;3-2(4,5)1(6)7/h2-7,10,12-13,18H,8-9,11H2,1H3,(H2,24,31)(H,25,26)(H,27,32)(H,33,34);(H,6,7)/t13?,18-;/m0./s1. The van der Waals surface area contributed by atoms with Gasteiger partial charge in [-0.1, -0.05) is 28.9 Å². The molecule has 0 bridgehead atoms. The lowest BCUT2D eigenvalue weighted by molar-refractivity contribution is -0.192. The van der Waals surface area contributed by atoms with Crippen LogP contribution in [0, 0.1) is 0 Å². The van der Waals surface area contributed by atoms with Crippen LogP contribution < -0.4 is 16.4 Å². The number of halogens is 4. The number of aromatic nitrogens is 4. The number of hydrogen-bond acceptors (Lipinski definition) is 8. The Labute approximate surface area is 235 Å². The fraction of sp³-hybridized carbons (Fsp3) is 0.292. The Bertz CT molecular complexity index is 1370. The van der Waals surface area contributed by atoms with E-state index in [1.165, 1.54) is 23.0 Å². The summed E-state index contributed by atoms with van der Waals surface area (Å²) in [4.78, 5) is 48.7. The average Bonchev–Trinajstić information content (AvgIpc) is 3.36. The van der Waals surface area contributed by atoms with Crippen LogP contribution in [0.3, 0.4) is 0 Å². The molecule has 3 aromatic rings. The Balaban J connectivity index is 0.000000745. The van der Waals surface area contributed by atoms with Crippen molar-refractivity contribution in [2.45, 2.75) is 44.6 Å². The first-order chi connectivity index (χ1) is 19.2. The number of alkyl halides is 3. The summed E-state index contributed by atoms with van der Waals surface area (Å²) in [7, 11) is 0. The number of amides is 2. The molecule has 13 nitrogen and oxygen atoms in total. The number of primary amides is 1. The number of pyridine rings is 1. The summed E-state index contributed by atoms with van der Waals surface area (Å²) in [5, 5.41) is 30.9. The van der Waals surface area contributed by atoms with Gasteiger partial charge in [0.1, 0.15) is 23.1 Å². The largest absolute Gasteiger partial charge is 0.490 e. The highest BCUT2D eigenvalue weighted by Gasteiger charge is 2.38. The second kappa shape index (κ2) is 14.6. The van der Waals surface area contributed by atoms with E-state index in [0.717, 1.165) is 5.56 Å². The topological polar surface area (TPSA) is 202 Å². The summed E-state index contributed by atoms with van der Waals surface area (Å²) in [5.41, 5.74) is 6.62. The minimum Gasteiger partial charge on any atom is -0.478 e. The number of aliphatic carboxylic acids is 1. The number of nitrogens with one attached hydrogen (secondary N) is 2. The van der Waals surface area contributed by atoms with Crippen LogP contribution >= 0.6 is 11.6 Å². The van der Waals surface area contributed by atoms with Crippen molar-refractivity contribution in [3.05, 3.63) is 70.6 Å². The second-order valence-corrected chi connectivity index (χ2v) is 8.79. The zero-order chi connectivity index (χ0) is 30.7. The Kier molecular flexibility index (Phi) is 11.6. The maximum absolute atomic E-state index is 13.0. The smallest absolute Gasteiger partial charge is 0.478 e. The van der Waals surface area contributed by atoms with Crippen LogP contribution in [-0.4, -0.2) is 60.1 Å². The van der Waals surface area contributed by atoms with E-state index in [2.05, 4.69) is 25.9 Å². The number of aromatic carboxylic acids is 1. The molecule has 6 N–H and O–H groups in total. The minimum atomic E-state index is -5.08. The lowest BCUT2D eigenvalue weighted by Gasteiger charge is -2.20. The first-order valence-electron chi connectivity index (χ1n) is 11.7. The monoisotopic (exact) mass is 599 g/mol. The van der Waals surface area contributed by atoms with Gasteiger partial charge >= 0.3 is 18.1 Å². The Hall–Kier alpha value is -4.73. The number of rotatable bonds is 11. The van der Waals surface area contributed by atoms with Crippen molar-refractivity contribution >= 4 is 41.2 Å². The van der Waals surface area contributed by atoms with Gasteiger partial charge in [-0.15, -0.1) is 5.10 Å². The lowest BCUT2D eigenvalue weighted by Crippen LogP contribution is -2.35. The Morgan fingerprint density at radius 1 is 1.12 bits per heavy atom. The number of nitrogens with two attached hydrogens (primary N) is 1. The van der Waals surface area contributed by atoms with Crippen molar-refractivity contribution in [3.63, 3.8) is 0 Å². The second-order valence-electron chi connectivity index (χ2n) is 8.35. The van der Waals surface area contributed by atoms with Crippen molar-refractivity contribution in [2.75, 3.05) is 5.32 Å². The van der Waals surface area contributed by atoms with Gasteiger partial charge in [-0.3, -0.25) is 9.59 Å². The zero-order valence-electron chi connectivity index (χ0n) is 21.3. The van der Waals surface area contributed by atoms with Gasteiger partial charge in [-0.05, 0) is 43.2 Å². The highest BCUT2D eigenvalue weighted by atomic mass is 35.5. The third-order valence-electron chi connectivity index (χ3n) is 5.29. The molecule has 0 fully saturated rings. The molecule has 0 spiro atoms. The third kappa shape index (κ3) is 10.4. The van der Waals surface area contributed by atoms with E-state index in [1.807, 2.05) is 19.1 Å². The zero-order valence-corrected chi connectivity index (χ0v) is 22.1. The highest BCUT2D eigenvalue weighted by Crippen LogP contribution is 2.20. The molecule has 2 atom stereocenters. The van der Waals surface area contributed by atoms with Crippen molar-refractivity contribution in [3.8, 4) is 0 Å². The predicted molar refractivity (Wildman–Crippen MR) is 138 cm³/mol. The minimum absolute atomic E-state index is 0.0171. The third-order valence-corrected chi connectivity index (χ3v) is 5.54. The molecule has 2 amide bonds. The van der Waals surface area contributed by atoms with E-state index in [0.29, 0.717) is 10.7 Å². The van der Waals surface area contributed by atoms with E-state index < -0.39 is 30.1 Å². The molecule has 41 heavy (non-hydrogen) atoms. The van der Waals surface area contributed by atoms with Crippen molar-refractivity contribution in [2.24, 2.45) is 5.73 Å². The summed E-state index contributed by atoms with van der Waals surface area (Å²) in [5.74, 6) is -4.58. The first-order valence-corrected chi connectivity index (χ1v) is 12.0. The van der Waals surface area contributed by atoms with Crippen LogP contribution in [0.5, 0.6) is 0 Å². The molecule has 17 heteroatoms. The number of anilines is 1. The van der Waals surface area contributed by atoms with Crippen LogP contribution in [0.25, 0.3) is 0 Å². The summed E-state index contributed by atoms with van der Waals surface area (Å²) in [6.07, 6.45) is -1.95. The molecule has 0 radical (unpaired) electrons. The van der Waals surface area contributed by atoms with Crippen LogP contribution in [0.4, 0.5) is 19.0 Å². The van der Waals surface area contributed by atoms with Gasteiger partial charge in [0.05, 0.1) is 18.8 Å². The fourth-order valence-corrected chi connectivity index (χ4v) is 3.37. The molecule has 2 aromatic heterocycles. The van der Waals surface area contributed by atoms with Gasteiger partial charge in [0.2, 0.25) is 11.8 Å². The van der Waals surface area contributed by atoms with Gasteiger partial charge in [-0.25, -0.2) is 19.3 Å². The SMILES string of the molecule is CC(NC(=O)[C@H](CCC(N)=O)n1cc(CNc2ncccc2C(=O)O)nn1)c1ccc(Cl)cc1.O=C(O)C(F)(F)F. The number of benzene rings is 1. The summed E-state index contributed by atoms with van der Waals surface area (Å²) >= 11 is 5.93.